The predicted molar refractivity (Wildman–Crippen MR) is 102 cm³/mol. The lowest BCUT2D eigenvalue weighted by molar-refractivity contribution is -0.0593. The highest BCUT2D eigenvalue weighted by Crippen LogP contribution is 2.43. The van der Waals surface area contributed by atoms with Crippen molar-refractivity contribution in [3.8, 4) is 11.3 Å². The zero-order valence-corrected chi connectivity index (χ0v) is 15.7. The molecule has 0 radical (unpaired) electrons. The van der Waals surface area contributed by atoms with Crippen molar-refractivity contribution < 1.29 is 18.7 Å². The topological polar surface area (TPSA) is 64.8 Å². The van der Waals surface area contributed by atoms with Crippen LogP contribution in [-0.2, 0) is 9.47 Å². The van der Waals surface area contributed by atoms with E-state index in [2.05, 4.69) is 17.1 Å². The molecule has 1 aromatic carbocycles. The van der Waals surface area contributed by atoms with Gasteiger partial charge >= 0.3 is 0 Å². The van der Waals surface area contributed by atoms with Crippen molar-refractivity contribution in [1.82, 2.24) is 9.88 Å². The van der Waals surface area contributed by atoms with Crippen LogP contribution in [0.25, 0.3) is 11.3 Å². The number of rotatable bonds is 6. The van der Waals surface area contributed by atoms with Gasteiger partial charge in [-0.3, -0.25) is 4.79 Å². The van der Waals surface area contributed by atoms with Crippen molar-refractivity contribution in [2.75, 3.05) is 26.3 Å². The molecule has 2 fully saturated rings. The fraction of sp³-hybridized carbons (Fsp3) is 0.455. The number of allylic oxidation sites excluding steroid dienone is 2. The van der Waals surface area contributed by atoms with Gasteiger partial charge in [0.2, 0.25) is 0 Å². The first-order valence-electron chi connectivity index (χ1n) is 9.97. The summed E-state index contributed by atoms with van der Waals surface area (Å²) < 4.78 is 16.8. The Hall–Kier alpha value is -2.44. The lowest BCUT2D eigenvalue weighted by atomic mass is 9.93. The molecule has 1 amide bonds. The van der Waals surface area contributed by atoms with Gasteiger partial charge in [-0.2, -0.15) is 0 Å². The third-order valence-corrected chi connectivity index (χ3v) is 6.02. The highest BCUT2D eigenvalue weighted by Gasteiger charge is 2.38. The second kappa shape index (κ2) is 7.53. The van der Waals surface area contributed by atoms with Gasteiger partial charge < -0.3 is 18.8 Å². The molecule has 1 saturated carbocycles. The molecule has 0 N–H and O–H groups in total. The summed E-state index contributed by atoms with van der Waals surface area (Å²) in [5.74, 6) is 2.09. The van der Waals surface area contributed by atoms with E-state index < -0.39 is 0 Å². The average molecular weight is 380 g/mol. The van der Waals surface area contributed by atoms with Crippen LogP contribution in [0.3, 0.4) is 0 Å². The van der Waals surface area contributed by atoms with Crippen molar-refractivity contribution in [2.24, 2.45) is 17.8 Å². The van der Waals surface area contributed by atoms with Crippen molar-refractivity contribution in [2.45, 2.75) is 19.1 Å². The number of aromatic nitrogens is 1. The minimum atomic E-state index is -0.370. The molecule has 6 nitrogen and oxygen atoms in total. The van der Waals surface area contributed by atoms with Crippen LogP contribution in [0.15, 0.2) is 53.3 Å². The Labute approximate surface area is 164 Å². The molecule has 0 unspecified atom stereocenters. The summed E-state index contributed by atoms with van der Waals surface area (Å²) in [6.45, 7) is 2.25. The molecule has 1 saturated heterocycles. The standard InChI is InChI=1S/C22H24N2O4/c25-22(20-21(28-14-23-20)16-4-2-1-3-5-16)24(13-19-26-8-9-27-19)12-18-11-15-6-7-17(18)10-15/h1-7,14-15,17-19H,8-13H2/t15-,17+,18-/m1/s1. The summed E-state index contributed by atoms with van der Waals surface area (Å²) in [6.07, 6.45) is 7.96. The molecule has 5 rings (SSSR count). The molecule has 2 aliphatic carbocycles. The lowest BCUT2D eigenvalue weighted by Gasteiger charge is -2.29. The van der Waals surface area contributed by atoms with Crippen LogP contribution in [0.5, 0.6) is 0 Å². The van der Waals surface area contributed by atoms with Crippen LogP contribution < -0.4 is 0 Å². The Kier molecular flexibility index (Phi) is 4.74. The van der Waals surface area contributed by atoms with Crippen molar-refractivity contribution in [1.29, 1.82) is 0 Å². The summed E-state index contributed by atoms with van der Waals surface area (Å²) in [5.41, 5.74) is 1.20. The molecule has 2 bridgehead atoms. The number of benzene rings is 1. The van der Waals surface area contributed by atoms with Gasteiger partial charge in [0, 0.05) is 12.1 Å². The second-order valence-electron chi connectivity index (χ2n) is 7.82. The SMILES string of the molecule is O=C(c1ncoc1-c1ccccc1)N(CC1OCCO1)C[C@H]1C[C@@H]2C=C[C@H]1C2. The van der Waals surface area contributed by atoms with Crippen LogP contribution in [0.4, 0.5) is 0 Å². The van der Waals surface area contributed by atoms with E-state index in [1.165, 1.54) is 12.8 Å². The number of oxazole rings is 1. The molecule has 0 spiro atoms. The minimum Gasteiger partial charge on any atom is -0.443 e. The first-order valence-corrected chi connectivity index (χ1v) is 9.97. The quantitative estimate of drug-likeness (QED) is 0.719. The maximum absolute atomic E-state index is 13.5. The summed E-state index contributed by atoms with van der Waals surface area (Å²) in [6, 6.07) is 9.62. The number of fused-ring (bicyclic) bond motifs is 2. The number of hydrogen-bond acceptors (Lipinski definition) is 5. The van der Waals surface area contributed by atoms with Gasteiger partial charge in [-0.1, -0.05) is 42.5 Å². The van der Waals surface area contributed by atoms with E-state index in [1.54, 1.807) is 0 Å². The first-order chi connectivity index (χ1) is 13.8. The minimum absolute atomic E-state index is 0.126. The number of nitrogens with zero attached hydrogens (tertiary/aromatic N) is 2. The van der Waals surface area contributed by atoms with E-state index in [0.717, 1.165) is 12.0 Å². The van der Waals surface area contributed by atoms with Crippen LogP contribution in [0.1, 0.15) is 23.3 Å². The summed E-state index contributed by atoms with van der Waals surface area (Å²) in [4.78, 5) is 19.6. The predicted octanol–water partition coefficient (Wildman–Crippen LogP) is 3.37. The van der Waals surface area contributed by atoms with Gasteiger partial charge in [-0.25, -0.2) is 4.98 Å². The Morgan fingerprint density at radius 1 is 1.07 bits per heavy atom. The van der Waals surface area contributed by atoms with Gasteiger partial charge in [-0.05, 0) is 30.6 Å². The average Bonchev–Trinajstić information content (AvgIpc) is 3.52. The molecule has 1 aromatic heterocycles. The molecule has 146 valence electrons. The van der Waals surface area contributed by atoms with Crippen LogP contribution in [-0.4, -0.2) is 48.4 Å². The number of carbonyl (C=O) groups is 1. The van der Waals surface area contributed by atoms with Crippen LogP contribution in [0, 0.1) is 17.8 Å². The van der Waals surface area contributed by atoms with E-state index >= 15 is 0 Å². The highest BCUT2D eigenvalue weighted by molar-refractivity contribution is 5.97. The van der Waals surface area contributed by atoms with Gasteiger partial charge in [0.1, 0.15) is 0 Å². The summed E-state index contributed by atoms with van der Waals surface area (Å²) in [5, 5.41) is 0. The molecule has 3 aliphatic rings. The van der Waals surface area contributed by atoms with E-state index in [1.807, 2.05) is 35.2 Å². The van der Waals surface area contributed by atoms with E-state index in [0.29, 0.717) is 55.5 Å². The molecule has 2 aromatic rings. The molecular formula is C22H24N2O4. The molecule has 1 aliphatic heterocycles. The van der Waals surface area contributed by atoms with Gasteiger partial charge in [0.15, 0.2) is 24.1 Å². The second-order valence-corrected chi connectivity index (χ2v) is 7.82. The zero-order chi connectivity index (χ0) is 18.9. The normalized spacial score (nSPS) is 26.2. The summed E-state index contributed by atoms with van der Waals surface area (Å²) in [7, 11) is 0. The number of amides is 1. The highest BCUT2D eigenvalue weighted by atomic mass is 16.7. The third kappa shape index (κ3) is 3.38. The number of carbonyl (C=O) groups excluding carboxylic acids is 1. The van der Waals surface area contributed by atoms with E-state index in [4.69, 9.17) is 13.9 Å². The maximum Gasteiger partial charge on any atom is 0.276 e. The Morgan fingerprint density at radius 2 is 1.89 bits per heavy atom. The van der Waals surface area contributed by atoms with E-state index in [-0.39, 0.29) is 12.2 Å². The molecular weight excluding hydrogens is 356 g/mol. The Bertz CT molecular complexity index is 856. The molecule has 2 heterocycles. The zero-order valence-electron chi connectivity index (χ0n) is 15.7. The van der Waals surface area contributed by atoms with Gasteiger partial charge in [0.05, 0.1) is 19.8 Å². The number of hydrogen-bond donors (Lipinski definition) is 0. The Balaban J connectivity index is 1.39. The van der Waals surface area contributed by atoms with Crippen molar-refractivity contribution in [3.63, 3.8) is 0 Å². The fourth-order valence-electron chi connectivity index (χ4n) is 4.66. The Morgan fingerprint density at radius 3 is 2.61 bits per heavy atom. The van der Waals surface area contributed by atoms with Crippen LogP contribution >= 0.6 is 0 Å². The van der Waals surface area contributed by atoms with Crippen molar-refractivity contribution >= 4 is 5.91 Å². The first kappa shape index (κ1) is 17.6. The third-order valence-electron chi connectivity index (χ3n) is 6.02. The molecule has 3 atom stereocenters. The summed E-state index contributed by atoms with van der Waals surface area (Å²) >= 11 is 0. The molecule has 28 heavy (non-hydrogen) atoms. The maximum atomic E-state index is 13.5. The number of ether oxygens (including phenoxy) is 2. The lowest BCUT2D eigenvalue weighted by Crippen LogP contribution is -2.42. The van der Waals surface area contributed by atoms with Crippen LogP contribution in [0.2, 0.25) is 0 Å². The van der Waals surface area contributed by atoms with E-state index in [9.17, 15) is 4.79 Å². The monoisotopic (exact) mass is 380 g/mol. The largest absolute Gasteiger partial charge is 0.443 e. The molecule has 6 heteroatoms. The smallest absolute Gasteiger partial charge is 0.276 e. The fourth-order valence-corrected chi connectivity index (χ4v) is 4.66. The van der Waals surface area contributed by atoms with Gasteiger partial charge in [0.25, 0.3) is 5.91 Å². The van der Waals surface area contributed by atoms with Gasteiger partial charge in [-0.15, -0.1) is 0 Å². The van der Waals surface area contributed by atoms with Crippen molar-refractivity contribution in [3.05, 3.63) is 54.6 Å².